The van der Waals surface area contributed by atoms with Crippen LogP contribution in [-0.4, -0.2) is 42.3 Å². The third-order valence-corrected chi connectivity index (χ3v) is 6.35. The highest BCUT2D eigenvalue weighted by molar-refractivity contribution is 5.79. The summed E-state index contributed by atoms with van der Waals surface area (Å²) in [4.78, 5) is 35.5. The van der Waals surface area contributed by atoms with Crippen molar-refractivity contribution in [2.45, 2.75) is 52.0 Å². The zero-order valence-corrected chi connectivity index (χ0v) is 20.0. The summed E-state index contributed by atoms with van der Waals surface area (Å²) in [6.07, 6.45) is 0.283. The number of carbonyl (C=O) groups is 3. The molecule has 0 fully saturated rings. The van der Waals surface area contributed by atoms with Gasteiger partial charge in [0.15, 0.2) is 0 Å². The van der Waals surface area contributed by atoms with Gasteiger partial charge in [0, 0.05) is 24.9 Å². The maximum atomic E-state index is 12.3. The number of hydrogen-bond acceptors (Lipinski definition) is 4. The Morgan fingerprint density at radius 1 is 0.971 bits per heavy atom. The quantitative estimate of drug-likeness (QED) is 0.450. The highest BCUT2D eigenvalue weighted by Crippen LogP contribution is 2.44. The zero-order chi connectivity index (χ0) is 24.7. The van der Waals surface area contributed by atoms with Crippen molar-refractivity contribution in [3.05, 3.63) is 59.7 Å². The molecule has 0 saturated heterocycles. The molecule has 182 valence electrons. The van der Waals surface area contributed by atoms with Crippen molar-refractivity contribution in [1.29, 1.82) is 0 Å². The van der Waals surface area contributed by atoms with Crippen LogP contribution in [0, 0.1) is 11.8 Å². The minimum Gasteiger partial charge on any atom is -0.481 e. The molecule has 1 aliphatic rings. The van der Waals surface area contributed by atoms with E-state index < -0.39 is 12.1 Å². The number of aliphatic carboxylic acids is 1. The van der Waals surface area contributed by atoms with E-state index in [0.717, 1.165) is 0 Å². The van der Waals surface area contributed by atoms with Crippen LogP contribution in [0.5, 0.6) is 0 Å². The van der Waals surface area contributed by atoms with Gasteiger partial charge < -0.3 is 20.5 Å². The Hall–Kier alpha value is -3.35. The number of carboxylic acids is 1. The number of fused-ring (bicyclic) bond motifs is 3. The molecule has 0 bridgehead atoms. The van der Waals surface area contributed by atoms with E-state index in [0.29, 0.717) is 13.0 Å². The Morgan fingerprint density at radius 2 is 1.56 bits per heavy atom. The van der Waals surface area contributed by atoms with Crippen molar-refractivity contribution in [1.82, 2.24) is 10.6 Å². The molecule has 0 radical (unpaired) electrons. The van der Waals surface area contributed by atoms with E-state index in [4.69, 9.17) is 9.84 Å². The van der Waals surface area contributed by atoms with Gasteiger partial charge in [0.05, 0.1) is 6.42 Å². The number of carboxylic acid groups (broad SMARTS) is 1. The molecular formula is C27H34N2O5. The number of nitrogens with one attached hydrogen (secondary N) is 2. The first-order valence-corrected chi connectivity index (χ1v) is 11.9. The molecule has 0 saturated carbocycles. The van der Waals surface area contributed by atoms with Gasteiger partial charge in [-0.2, -0.15) is 0 Å². The fourth-order valence-electron chi connectivity index (χ4n) is 4.31. The summed E-state index contributed by atoms with van der Waals surface area (Å²) in [5.74, 6) is -0.984. The van der Waals surface area contributed by atoms with Gasteiger partial charge in [-0.25, -0.2) is 4.79 Å². The maximum Gasteiger partial charge on any atom is 0.407 e. The van der Waals surface area contributed by atoms with E-state index in [1.54, 1.807) is 0 Å². The second kappa shape index (κ2) is 11.7. The number of benzene rings is 2. The lowest BCUT2D eigenvalue weighted by Gasteiger charge is -2.21. The van der Waals surface area contributed by atoms with Crippen LogP contribution in [0.2, 0.25) is 0 Å². The molecule has 0 spiro atoms. The lowest BCUT2D eigenvalue weighted by Crippen LogP contribution is -2.40. The van der Waals surface area contributed by atoms with Gasteiger partial charge >= 0.3 is 12.1 Å². The first-order valence-electron chi connectivity index (χ1n) is 11.9. The van der Waals surface area contributed by atoms with Gasteiger partial charge in [-0.15, -0.1) is 0 Å². The van der Waals surface area contributed by atoms with Crippen LogP contribution in [0.15, 0.2) is 48.5 Å². The minimum absolute atomic E-state index is 0.0129. The number of carbonyl (C=O) groups excluding carboxylic acids is 2. The summed E-state index contributed by atoms with van der Waals surface area (Å²) >= 11 is 0. The van der Waals surface area contributed by atoms with Gasteiger partial charge in [0.2, 0.25) is 5.91 Å². The van der Waals surface area contributed by atoms with E-state index in [9.17, 15) is 14.4 Å². The lowest BCUT2D eigenvalue weighted by atomic mass is 9.98. The Labute approximate surface area is 200 Å². The average Bonchev–Trinajstić information content (AvgIpc) is 3.13. The van der Waals surface area contributed by atoms with E-state index >= 15 is 0 Å². The van der Waals surface area contributed by atoms with Gasteiger partial charge in [-0.3, -0.25) is 9.59 Å². The zero-order valence-electron chi connectivity index (χ0n) is 20.0. The van der Waals surface area contributed by atoms with Gasteiger partial charge in [0.1, 0.15) is 6.61 Å². The number of alkyl carbamates (subject to hydrolysis) is 1. The molecule has 2 aromatic carbocycles. The summed E-state index contributed by atoms with van der Waals surface area (Å²) in [5.41, 5.74) is 4.70. The number of rotatable bonds is 11. The smallest absolute Gasteiger partial charge is 0.407 e. The summed E-state index contributed by atoms with van der Waals surface area (Å²) in [7, 11) is 0. The van der Waals surface area contributed by atoms with Crippen molar-refractivity contribution in [3.8, 4) is 11.1 Å². The second-order valence-electron chi connectivity index (χ2n) is 9.37. The number of ether oxygens (including phenoxy) is 1. The molecule has 7 heteroatoms. The van der Waals surface area contributed by atoms with Crippen LogP contribution in [0.1, 0.15) is 57.1 Å². The number of amides is 2. The fraction of sp³-hybridized carbons (Fsp3) is 0.444. The maximum absolute atomic E-state index is 12.3. The Bertz CT molecular complexity index is 974. The molecular weight excluding hydrogens is 432 g/mol. The molecule has 7 nitrogen and oxygen atoms in total. The van der Waals surface area contributed by atoms with E-state index in [-0.39, 0.29) is 49.2 Å². The van der Waals surface area contributed by atoms with Crippen LogP contribution in [0.3, 0.4) is 0 Å². The third kappa shape index (κ3) is 6.59. The molecule has 2 amide bonds. The Morgan fingerprint density at radius 3 is 2.12 bits per heavy atom. The lowest BCUT2D eigenvalue weighted by molar-refractivity contribution is -0.138. The third-order valence-electron chi connectivity index (χ3n) is 6.35. The van der Waals surface area contributed by atoms with Crippen molar-refractivity contribution < 1.29 is 24.2 Å². The van der Waals surface area contributed by atoms with Gasteiger partial charge in [0.25, 0.3) is 0 Å². The van der Waals surface area contributed by atoms with E-state index in [1.807, 2.05) is 45.0 Å². The normalized spacial score (nSPS) is 14.1. The Balaban J connectivity index is 1.42. The second-order valence-corrected chi connectivity index (χ2v) is 9.37. The standard InChI is InChI=1S/C27H34N2O5/c1-17(2)24(14-26(31)32)29-25(30)13-12-18(3)15-28-27(33)34-16-23-21-10-6-4-8-19(21)20-9-5-7-11-22(20)23/h4-11,17-18,23-24H,12-16H2,1-3H3,(H,28,33)(H,29,30)(H,31,32)/t18?,24-/m1/s1. The van der Waals surface area contributed by atoms with Crippen molar-refractivity contribution in [2.75, 3.05) is 13.2 Å². The van der Waals surface area contributed by atoms with Gasteiger partial charge in [-0.1, -0.05) is 69.3 Å². The van der Waals surface area contributed by atoms with Crippen LogP contribution in [-0.2, 0) is 14.3 Å². The molecule has 1 unspecified atom stereocenters. The first kappa shape index (κ1) is 25.3. The van der Waals surface area contributed by atoms with Crippen LogP contribution in [0.4, 0.5) is 4.79 Å². The Kier molecular flexibility index (Phi) is 8.68. The molecule has 1 aliphatic carbocycles. The first-order chi connectivity index (χ1) is 16.3. The molecule has 3 N–H and O–H groups in total. The largest absolute Gasteiger partial charge is 0.481 e. The molecule has 0 heterocycles. The monoisotopic (exact) mass is 466 g/mol. The topological polar surface area (TPSA) is 105 Å². The van der Waals surface area contributed by atoms with Crippen LogP contribution in [0.25, 0.3) is 11.1 Å². The molecule has 2 atom stereocenters. The van der Waals surface area contributed by atoms with E-state index in [1.165, 1.54) is 22.3 Å². The average molecular weight is 467 g/mol. The van der Waals surface area contributed by atoms with Crippen molar-refractivity contribution in [2.24, 2.45) is 11.8 Å². The molecule has 3 rings (SSSR count). The van der Waals surface area contributed by atoms with Crippen LogP contribution >= 0.6 is 0 Å². The van der Waals surface area contributed by atoms with Crippen molar-refractivity contribution in [3.63, 3.8) is 0 Å². The van der Waals surface area contributed by atoms with Gasteiger partial charge in [-0.05, 0) is 40.5 Å². The summed E-state index contributed by atoms with van der Waals surface area (Å²) in [5, 5.41) is 14.6. The highest BCUT2D eigenvalue weighted by Gasteiger charge is 2.29. The summed E-state index contributed by atoms with van der Waals surface area (Å²) < 4.78 is 5.55. The fourth-order valence-corrected chi connectivity index (χ4v) is 4.31. The van der Waals surface area contributed by atoms with Crippen molar-refractivity contribution >= 4 is 18.0 Å². The SMILES string of the molecule is CC(CCC(=O)N[C@H](CC(=O)O)C(C)C)CNC(=O)OCC1c2ccccc2-c2ccccc21. The predicted molar refractivity (Wildman–Crippen MR) is 130 cm³/mol. The van der Waals surface area contributed by atoms with Crippen LogP contribution < -0.4 is 10.6 Å². The summed E-state index contributed by atoms with van der Waals surface area (Å²) in [6, 6.07) is 16.0. The number of hydrogen-bond donors (Lipinski definition) is 3. The predicted octanol–water partition coefficient (Wildman–Crippen LogP) is 4.56. The molecule has 0 aromatic heterocycles. The summed E-state index contributed by atoms with van der Waals surface area (Å²) in [6.45, 7) is 6.38. The molecule has 0 aliphatic heterocycles. The molecule has 34 heavy (non-hydrogen) atoms. The molecule has 2 aromatic rings. The highest BCUT2D eigenvalue weighted by atomic mass is 16.5. The minimum atomic E-state index is -0.931. The van der Waals surface area contributed by atoms with E-state index in [2.05, 4.69) is 34.9 Å².